The summed E-state index contributed by atoms with van der Waals surface area (Å²) in [5.74, 6) is -1.88. The Hall–Kier alpha value is -2.04. The van der Waals surface area contributed by atoms with Gasteiger partial charge in [0.1, 0.15) is 5.60 Å². The van der Waals surface area contributed by atoms with Gasteiger partial charge in [-0.05, 0) is 32.4 Å². The van der Waals surface area contributed by atoms with Gasteiger partial charge in [0.15, 0.2) is 5.41 Å². The summed E-state index contributed by atoms with van der Waals surface area (Å²) in [6, 6.07) is 10.9. The van der Waals surface area contributed by atoms with Crippen LogP contribution in [0.3, 0.4) is 0 Å². The zero-order valence-electron chi connectivity index (χ0n) is 12.1. The molecule has 0 spiro atoms. The smallest absolute Gasteiger partial charge is 0.312 e. The van der Waals surface area contributed by atoms with Crippen molar-refractivity contribution in [3.63, 3.8) is 0 Å². The monoisotopic (exact) mass is 302 g/mol. The van der Waals surface area contributed by atoms with Gasteiger partial charge in [0, 0.05) is 10.9 Å². The van der Waals surface area contributed by atoms with Gasteiger partial charge in [-0.2, -0.15) is 10.5 Å². The highest BCUT2D eigenvalue weighted by Crippen LogP contribution is 2.65. The fourth-order valence-electron chi connectivity index (χ4n) is 2.53. The van der Waals surface area contributed by atoms with Gasteiger partial charge >= 0.3 is 5.97 Å². The highest BCUT2D eigenvalue weighted by atomic mass is 35.5. The number of ether oxygens (including phenoxy) is 1. The van der Waals surface area contributed by atoms with Gasteiger partial charge in [-0.1, -0.05) is 29.8 Å². The van der Waals surface area contributed by atoms with E-state index in [1.54, 1.807) is 45.0 Å². The Morgan fingerprint density at radius 2 is 1.86 bits per heavy atom. The van der Waals surface area contributed by atoms with Crippen LogP contribution in [0.4, 0.5) is 0 Å². The highest BCUT2D eigenvalue weighted by molar-refractivity contribution is 6.31. The van der Waals surface area contributed by atoms with Crippen LogP contribution in [0.5, 0.6) is 0 Å². The molecule has 4 nitrogen and oxygen atoms in total. The maximum absolute atomic E-state index is 12.3. The van der Waals surface area contributed by atoms with Crippen molar-refractivity contribution in [2.75, 3.05) is 0 Å². The molecule has 1 saturated carbocycles. The topological polar surface area (TPSA) is 73.9 Å². The molecule has 0 aliphatic heterocycles. The number of carbonyl (C=O) groups excluding carboxylic acids is 1. The molecule has 21 heavy (non-hydrogen) atoms. The normalized spacial score (nSPS) is 22.8. The summed E-state index contributed by atoms with van der Waals surface area (Å²) in [5, 5.41) is 19.2. The zero-order valence-corrected chi connectivity index (χ0v) is 12.8. The van der Waals surface area contributed by atoms with Crippen LogP contribution < -0.4 is 0 Å². The SMILES string of the molecule is CC(C)(C)OC(=O)[C@H]1[C@@H](c2ccccc2Cl)C1(C#N)C#N. The van der Waals surface area contributed by atoms with Crippen LogP contribution in [-0.2, 0) is 9.53 Å². The average molecular weight is 303 g/mol. The maximum atomic E-state index is 12.3. The average Bonchev–Trinajstić information content (AvgIpc) is 3.07. The minimum atomic E-state index is -1.40. The second kappa shape index (κ2) is 5.06. The third-order valence-corrected chi connectivity index (χ3v) is 3.82. The maximum Gasteiger partial charge on any atom is 0.312 e. The van der Waals surface area contributed by atoms with E-state index in [0.717, 1.165) is 0 Å². The van der Waals surface area contributed by atoms with E-state index in [4.69, 9.17) is 16.3 Å². The van der Waals surface area contributed by atoms with Crippen molar-refractivity contribution in [3.8, 4) is 12.1 Å². The second-order valence-electron chi connectivity index (χ2n) is 6.10. The molecule has 2 atom stereocenters. The van der Waals surface area contributed by atoms with E-state index in [2.05, 4.69) is 0 Å². The van der Waals surface area contributed by atoms with Crippen LogP contribution in [0.25, 0.3) is 0 Å². The van der Waals surface area contributed by atoms with Crippen molar-refractivity contribution in [1.29, 1.82) is 10.5 Å². The van der Waals surface area contributed by atoms with E-state index < -0.39 is 28.8 Å². The number of carbonyl (C=O) groups is 1. The largest absolute Gasteiger partial charge is 0.460 e. The second-order valence-corrected chi connectivity index (χ2v) is 6.51. The summed E-state index contributed by atoms with van der Waals surface area (Å²) in [6.45, 7) is 5.24. The number of benzene rings is 1. The first kappa shape index (κ1) is 15.4. The molecule has 0 N–H and O–H groups in total. The molecule has 1 aromatic rings. The van der Waals surface area contributed by atoms with Crippen LogP contribution in [0.2, 0.25) is 5.02 Å². The molecule has 1 aliphatic carbocycles. The van der Waals surface area contributed by atoms with E-state index in [9.17, 15) is 15.3 Å². The van der Waals surface area contributed by atoms with Crippen molar-refractivity contribution in [3.05, 3.63) is 34.9 Å². The summed E-state index contributed by atoms with van der Waals surface area (Å²) in [7, 11) is 0. The summed E-state index contributed by atoms with van der Waals surface area (Å²) >= 11 is 6.13. The molecule has 1 fully saturated rings. The van der Waals surface area contributed by atoms with Gasteiger partial charge in [0.25, 0.3) is 0 Å². The van der Waals surface area contributed by atoms with Crippen LogP contribution in [0.15, 0.2) is 24.3 Å². The van der Waals surface area contributed by atoms with Crippen molar-refractivity contribution in [1.82, 2.24) is 0 Å². The third kappa shape index (κ3) is 2.60. The Bertz CT molecular complexity index is 650. The standard InChI is InChI=1S/C16H15ClN2O2/c1-15(2,3)21-14(20)13-12(16(13,8-18)9-19)10-6-4-5-7-11(10)17/h4-7,12-13H,1-3H3/t12-,13-/m1/s1. The first-order valence-corrected chi connectivity index (χ1v) is 6.94. The van der Waals surface area contributed by atoms with Crippen LogP contribution in [0, 0.1) is 34.0 Å². The molecule has 1 aliphatic rings. The van der Waals surface area contributed by atoms with Crippen LogP contribution >= 0.6 is 11.6 Å². The number of halogens is 1. The number of rotatable bonds is 2. The molecule has 2 rings (SSSR count). The summed E-state index contributed by atoms with van der Waals surface area (Å²) < 4.78 is 5.33. The molecular formula is C16H15ClN2O2. The molecule has 0 saturated heterocycles. The predicted molar refractivity (Wildman–Crippen MR) is 77.2 cm³/mol. The Labute approximate surface area is 128 Å². The lowest BCUT2D eigenvalue weighted by atomic mass is 10.0. The molecule has 0 heterocycles. The molecule has 5 heteroatoms. The third-order valence-electron chi connectivity index (χ3n) is 3.48. The van der Waals surface area contributed by atoms with Gasteiger partial charge < -0.3 is 4.74 Å². The Kier molecular flexibility index (Phi) is 3.70. The van der Waals surface area contributed by atoms with Crippen molar-refractivity contribution < 1.29 is 9.53 Å². The summed E-state index contributed by atoms with van der Waals surface area (Å²) in [4.78, 5) is 12.3. The lowest BCUT2D eigenvalue weighted by Gasteiger charge is -2.19. The Morgan fingerprint density at radius 3 is 2.33 bits per heavy atom. The summed E-state index contributed by atoms with van der Waals surface area (Å²) in [6.07, 6.45) is 0. The van der Waals surface area contributed by atoms with Gasteiger partial charge in [-0.3, -0.25) is 4.79 Å². The van der Waals surface area contributed by atoms with Crippen LogP contribution in [0.1, 0.15) is 32.3 Å². The van der Waals surface area contributed by atoms with Gasteiger partial charge in [0.05, 0.1) is 18.1 Å². The lowest BCUT2D eigenvalue weighted by Crippen LogP contribution is -2.26. The minimum absolute atomic E-state index is 0.448. The predicted octanol–water partition coefficient (Wildman–Crippen LogP) is 3.43. The molecule has 1 aromatic carbocycles. The van der Waals surface area contributed by atoms with Gasteiger partial charge in [-0.15, -0.1) is 0 Å². The Morgan fingerprint density at radius 1 is 1.29 bits per heavy atom. The number of esters is 1. The van der Waals surface area contributed by atoms with E-state index >= 15 is 0 Å². The molecule has 0 amide bonds. The lowest BCUT2D eigenvalue weighted by molar-refractivity contribution is -0.157. The molecule has 0 bridgehead atoms. The molecule has 0 unspecified atom stereocenters. The molecule has 108 valence electrons. The fraction of sp³-hybridized carbons (Fsp3) is 0.438. The van der Waals surface area contributed by atoms with Crippen molar-refractivity contribution in [2.24, 2.45) is 11.3 Å². The Balaban J connectivity index is 2.38. The molecule has 0 aromatic heterocycles. The fourth-order valence-corrected chi connectivity index (χ4v) is 2.78. The number of hydrogen-bond acceptors (Lipinski definition) is 4. The highest BCUT2D eigenvalue weighted by Gasteiger charge is 2.72. The van der Waals surface area contributed by atoms with E-state index in [1.165, 1.54) is 0 Å². The van der Waals surface area contributed by atoms with E-state index in [-0.39, 0.29) is 0 Å². The van der Waals surface area contributed by atoms with Gasteiger partial charge in [-0.25, -0.2) is 0 Å². The quantitative estimate of drug-likeness (QED) is 0.784. The van der Waals surface area contributed by atoms with E-state index in [1.807, 2.05) is 12.1 Å². The number of nitrogens with zero attached hydrogens (tertiary/aromatic N) is 2. The number of hydrogen-bond donors (Lipinski definition) is 0. The summed E-state index contributed by atoms with van der Waals surface area (Å²) in [5.41, 5.74) is -1.42. The molecule has 0 radical (unpaired) electrons. The van der Waals surface area contributed by atoms with Crippen molar-refractivity contribution in [2.45, 2.75) is 32.3 Å². The zero-order chi connectivity index (χ0) is 15.8. The minimum Gasteiger partial charge on any atom is -0.460 e. The molecular weight excluding hydrogens is 288 g/mol. The van der Waals surface area contributed by atoms with E-state index in [0.29, 0.717) is 10.6 Å². The van der Waals surface area contributed by atoms with Crippen molar-refractivity contribution >= 4 is 17.6 Å². The first-order valence-electron chi connectivity index (χ1n) is 6.56. The number of nitriles is 2. The van der Waals surface area contributed by atoms with Gasteiger partial charge in [0.2, 0.25) is 0 Å². The van der Waals surface area contributed by atoms with Crippen LogP contribution in [-0.4, -0.2) is 11.6 Å². The first-order chi connectivity index (χ1) is 9.77.